The number of hydrogen-bond donors (Lipinski definition) is 2. The van der Waals surface area contributed by atoms with Crippen LogP contribution in [0.2, 0.25) is 5.02 Å². The predicted molar refractivity (Wildman–Crippen MR) is 77.0 cm³/mol. The third-order valence-corrected chi connectivity index (χ3v) is 3.28. The number of nitrogens with one attached hydrogen (secondary N) is 1. The van der Waals surface area contributed by atoms with Crippen LogP contribution in [0.15, 0.2) is 36.4 Å². The number of amides is 1. The molecule has 0 atom stereocenters. The molecule has 3 nitrogen and oxygen atoms in total. The van der Waals surface area contributed by atoms with Crippen molar-refractivity contribution in [2.24, 2.45) is 0 Å². The van der Waals surface area contributed by atoms with E-state index in [0.29, 0.717) is 11.3 Å². The van der Waals surface area contributed by atoms with Gasteiger partial charge in [0.05, 0.1) is 5.02 Å². The molecule has 0 spiro atoms. The summed E-state index contributed by atoms with van der Waals surface area (Å²) in [5.74, 6) is -0.212. The highest BCUT2D eigenvalue weighted by atomic mass is 35.5. The zero-order chi connectivity index (χ0) is 14.0. The van der Waals surface area contributed by atoms with E-state index in [1.165, 1.54) is 12.1 Å². The lowest BCUT2D eigenvalue weighted by molar-refractivity contribution is 0.102. The number of aromatic hydroxyl groups is 1. The molecule has 0 aromatic heterocycles. The van der Waals surface area contributed by atoms with E-state index in [4.69, 9.17) is 11.6 Å². The average molecular weight is 276 g/mol. The maximum Gasteiger partial charge on any atom is 0.255 e. The minimum atomic E-state index is -0.204. The van der Waals surface area contributed by atoms with Crippen molar-refractivity contribution in [2.75, 3.05) is 5.32 Å². The monoisotopic (exact) mass is 275 g/mol. The molecule has 0 aliphatic carbocycles. The van der Waals surface area contributed by atoms with Crippen LogP contribution in [0.3, 0.4) is 0 Å². The van der Waals surface area contributed by atoms with Crippen molar-refractivity contribution in [1.29, 1.82) is 0 Å². The van der Waals surface area contributed by atoms with E-state index in [0.717, 1.165) is 11.1 Å². The second kappa shape index (κ2) is 5.33. The number of benzene rings is 2. The van der Waals surface area contributed by atoms with E-state index in [9.17, 15) is 9.90 Å². The molecule has 0 fully saturated rings. The van der Waals surface area contributed by atoms with Gasteiger partial charge in [-0.25, -0.2) is 0 Å². The lowest BCUT2D eigenvalue weighted by atomic mass is 10.1. The van der Waals surface area contributed by atoms with E-state index < -0.39 is 0 Å². The fourth-order valence-electron chi connectivity index (χ4n) is 1.67. The lowest BCUT2D eigenvalue weighted by Gasteiger charge is -2.08. The molecule has 0 saturated carbocycles. The molecule has 2 rings (SSSR count). The molecule has 0 bridgehead atoms. The summed E-state index contributed by atoms with van der Waals surface area (Å²) in [7, 11) is 0. The molecule has 98 valence electrons. The first-order valence-corrected chi connectivity index (χ1v) is 6.22. The Kier molecular flexibility index (Phi) is 3.76. The standard InChI is InChI=1S/C15H14ClNO2/c1-9-3-4-11(7-10(9)2)15(19)17-12-5-6-14(18)13(16)8-12/h3-8,18H,1-2H3,(H,17,19). The molecule has 2 aromatic carbocycles. The zero-order valence-corrected chi connectivity index (χ0v) is 11.5. The third kappa shape index (κ3) is 3.06. The minimum Gasteiger partial charge on any atom is -0.506 e. The number of aryl methyl sites for hydroxylation is 2. The predicted octanol–water partition coefficient (Wildman–Crippen LogP) is 3.91. The van der Waals surface area contributed by atoms with E-state index >= 15 is 0 Å². The molecule has 4 heteroatoms. The van der Waals surface area contributed by atoms with Crippen LogP contribution in [0.1, 0.15) is 21.5 Å². The van der Waals surface area contributed by atoms with Crippen LogP contribution >= 0.6 is 11.6 Å². The Morgan fingerprint density at radius 2 is 1.84 bits per heavy atom. The van der Waals surface area contributed by atoms with E-state index in [1.54, 1.807) is 12.1 Å². The number of phenolic OH excluding ortho intramolecular Hbond substituents is 1. The molecule has 0 saturated heterocycles. The van der Waals surface area contributed by atoms with Gasteiger partial charge in [0.15, 0.2) is 0 Å². The topological polar surface area (TPSA) is 49.3 Å². The van der Waals surface area contributed by atoms with Gasteiger partial charge in [-0.1, -0.05) is 17.7 Å². The molecule has 0 unspecified atom stereocenters. The van der Waals surface area contributed by atoms with Gasteiger partial charge < -0.3 is 10.4 Å². The highest BCUT2D eigenvalue weighted by Gasteiger charge is 2.08. The summed E-state index contributed by atoms with van der Waals surface area (Å²) >= 11 is 5.79. The quantitative estimate of drug-likeness (QED) is 0.816. The van der Waals surface area contributed by atoms with Gasteiger partial charge in [0, 0.05) is 11.3 Å². The summed E-state index contributed by atoms with van der Waals surface area (Å²) in [6.45, 7) is 3.96. The fraction of sp³-hybridized carbons (Fsp3) is 0.133. The van der Waals surface area contributed by atoms with Crippen LogP contribution in [0.5, 0.6) is 5.75 Å². The molecular weight excluding hydrogens is 262 g/mol. The number of halogens is 1. The molecular formula is C15H14ClNO2. The van der Waals surface area contributed by atoms with Gasteiger partial charge in [-0.05, 0) is 55.3 Å². The van der Waals surface area contributed by atoms with Crippen molar-refractivity contribution >= 4 is 23.2 Å². The Morgan fingerprint density at radius 3 is 2.47 bits per heavy atom. The summed E-state index contributed by atoms with van der Waals surface area (Å²) in [6, 6.07) is 10.1. The number of rotatable bonds is 2. The summed E-state index contributed by atoms with van der Waals surface area (Å²) in [4.78, 5) is 12.1. The molecule has 2 aromatic rings. The van der Waals surface area contributed by atoms with Crippen molar-refractivity contribution in [2.45, 2.75) is 13.8 Å². The Bertz CT molecular complexity index is 638. The highest BCUT2D eigenvalue weighted by molar-refractivity contribution is 6.32. The Morgan fingerprint density at radius 1 is 1.11 bits per heavy atom. The van der Waals surface area contributed by atoms with Gasteiger partial charge in [0.25, 0.3) is 5.91 Å². The van der Waals surface area contributed by atoms with E-state index in [1.807, 2.05) is 26.0 Å². The molecule has 1 amide bonds. The number of anilines is 1. The first-order chi connectivity index (χ1) is 8.97. The van der Waals surface area contributed by atoms with Crippen LogP contribution in [0.4, 0.5) is 5.69 Å². The van der Waals surface area contributed by atoms with Crippen LogP contribution in [-0.4, -0.2) is 11.0 Å². The van der Waals surface area contributed by atoms with Crippen molar-refractivity contribution < 1.29 is 9.90 Å². The van der Waals surface area contributed by atoms with Gasteiger partial charge in [-0.3, -0.25) is 4.79 Å². The molecule has 0 radical (unpaired) electrons. The average Bonchev–Trinajstić information content (AvgIpc) is 2.37. The first-order valence-electron chi connectivity index (χ1n) is 5.84. The summed E-state index contributed by atoms with van der Waals surface area (Å²) in [6.07, 6.45) is 0. The summed E-state index contributed by atoms with van der Waals surface area (Å²) < 4.78 is 0. The molecule has 19 heavy (non-hydrogen) atoms. The van der Waals surface area contributed by atoms with Crippen molar-refractivity contribution in [1.82, 2.24) is 0 Å². The maximum atomic E-state index is 12.1. The van der Waals surface area contributed by atoms with Crippen LogP contribution in [0, 0.1) is 13.8 Å². The SMILES string of the molecule is Cc1ccc(C(=O)Nc2ccc(O)c(Cl)c2)cc1C. The smallest absolute Gasteiger partial charge is 0.255 e. The van der Waals surface area contributed by atoms with Gasteiger partial charge in [-0.15, -0.1) is 0 Å². The first kappa shape index (κ1) is 13.4. The van der Waals surface area contributed by atoms with Gasteiger partial charge in [0.1, 0.15) is 5.75 Å². The summed E-state index contributed by atoms with van der Waals surface area (Å²) in [5.41, 5.74) is 3.35. The number of hydrogen-bond acceptors (Lipinski definition) is 2. The maximum absolute atomic E-state index is 12.1. The van der Waals surface area contributed by atoms with E-state index in [2.05, 4.69) is 5.32 Å². The Hall–Kier alpha value is -2.00. The lowest BCUT2D eigenvalue weighted by Crippen LogP contribution is -2.12. The largest absolute Gasteiger partial charge is 0.506 e. The van der Waals surface area contributed by atoms with Crippen LogP contribution in [0.25, 0.3) is 0 Å². The normalized spacial score (nSPS) is 10.3. The second-order valence-corrected chi connectivity index (χ2v) is 4.83. The summed E-state index contributed by atoms with van der Waals surface area (Å²) in [5, 5.41) is 12.3. The van der Waals surface area contributed by atoms with Gasteiger partial charge in [0.2, 0.25) is 0 Å². The fourth-order valence-corrected chi connectivity index (χ4v) is 1.85. The molecule has 0 aliphatic rings. The Labute approximate surface area is 116 Å². The highest BCUT2D eigenvalue weighted by Crippen LogP contribution is 2.26. The van der Waals surface area contributed by atoms with Crippen LogP contribution in [-0.2, 0) is 0 Å². The van der Waals surface area contributed by atoms with Crippen molar-refractivity contribution in [3.05, 3.63) is 58.1 Å². The van der Waals surface area contributed by atoms with Crippen molar-refractivity contribution in [3.63, 3.8) is 0 Å². The number of carbonyl (C=O) groups excluding carboxylic acids is 1. The van der Waals surface area contributed by atoms with Crippen LogP contribution < -0.4 is 5.32 Å². The minimum absolute atomic E-state index is 0.00848. The molecule has 2 N–H and O–H groups in total. The van der Waals surface area contributed by atoms with Gasteiger partial charge in [-0.2, -0.15) is 0 Å². The Balaban J connectivity index is 2.20. The zero-order valence-electron chi connectivity index (χ0n) is 10.7. The van der Waals surface area contributed by atoms with E-state index in [-0.39, 0.29) is 16.7 Å². The van der Waals surface area contributed by atoms with Crippen molar-refractivity contribution in [3.8, 4) is 5.75 Å². The van der Waals surface area contributed by atoms with Gasteiger partial charge >= 0.3 is 0 Å². The number of carbonyl (C=O) groups is 1. The molecule has 0 heterocycles. The number of phenols is 1. The third-order valence-electron chi connectivity index (χ3n) is 2.97. The molecule has 0 aliphatic heterocycles. The second-order valence-electron chi connectivity index (χ2n) is 4.42.